The van der Waals surface area contributed by atoms with E-state index < -0.39 is 0 Å². The largest absolute Gasteiger partial charge is 0.374 e. The SMILES string of the molecule is CN=C(NCc1ccc(COC(C)C)cc1)NCC(C)(C)SC. The summed E-state index contributed by atoms with van der Waals surface area (Å²) in [7, 11) is 1.80. The fourth-order valence-corrected chi connectivity index (χ4v) is 2.01. The number of hydrogen-bond acceptors (Lipinski definition) is 3. The third-order valence-corrected chi connectivity index (χ3v) is 4.77. The van der Waals surface area contributed by atoms with Crippen molar-refractivity contribution in [1.82, 2.24) is 10.6 Å². The Morgan fingerprint density at radius 1 is 1.17 bits per heavy atom. The molecule has 0 aliphatic rings. The highest BCUT2D eigenvalue weighted by molar-refractivity contribution is 7.99. The van der Waals surface area contributed by atoms with Gasteiger partial charge in [0.15, 0.2) is 5.96 Å². The lowest BCUT2D eigenvalue weighted by atomic mass is 10.1. The lowest BCUT2D eigenvalue weighted by molar-refractivity contribution is 0.0657. The summed E-state index contributed by atoms with van der Waals surface area (Å²) in [5, 5.41) is 6.72. The highest BCUT2D eigenvalue weighted by Gasteiger charge is 2.15. The van der Waals surface area contributed by atoms with E-state index in [0.29, 0.717) is 6.61 Å². The van der Waals surface area contributed by atoms with E-state index in [0.717, 1.165) is 19.0 Å². The quantitative estimate of drug-likeness (QED) is 0.564. The zero-order valence-electron chi connectivity index (χ0n) is 15.3. The van der Waals surface area contributed by atoms with Crippen molar-refractivity contribution >= 4 is 17.7 Å². The number of rotatable bonds is 8. The van der Waals surface area contributed by atoms with E-state index in [2.05, 4.69) is 73.8 Å². The minimum atomic E-state index is 0.190. The van der Waals surface area contributed by atoms with Gasteiger partial charge in [0.25, 0.3) is 0 Å². The molecule has 0 heterocycles. The number of ether oxygens (including phenoxy) is 1. The maximum Gasteiger partial charge on any atom is 0.191 e. The van der Waals surface area contributed by atoms with Crippen molar-refractivity contribution in [3.8, 4) is 0 Å². The molecule has 2 N–H and O–H groups in total. The first kappa shape index (κ1) is 19.8. The topological polar surface area (TPSA) is 45.7 Å². The Bertz CT molecular complexity index is 484. The van der Waals surface area contributed by atoms with Crippen LogP contribution in [0.2, 0.25) is 0 Å². The van der Waals surface area contributed by atoms with E-state index in [1.807, 2.05) is 11.8 Å². The molecule has 1 rings (SSSR count). The predicted molar refractivity (Wildman–Crippen MR) is 102 cm³/mol. The number of guanidine groups is 1. The van der Waals surface area contributed by atoms with Crippen LogP contribution >= 0.6 is 11.8 Å². The summed E-state index contributed by atoms with van der Waals surface area (Å²) in [5.41, 5.74) is 2.43. The third-order valence-electron chi connectivity index (χ3n) is 3.52. The van der Waals surface area contributed by atoms with E-state index in [1.54, 1.807) is 7.05 Å². The molecular formula is C18H31N3OS. The zero-order valence-corrected chi connectivity index (χ0v) is 16.1. The highest BCUT2D eigenvalue weighted by atomic mass is 32.2. The maximum absolute atomic E-state index is 5.61. The minimum absolute atomic E-state index is 0.190. The summed E-state index contributed by atoms with van der Waals surface area (Å²) >= 11 is 1.85. The molecule has 0 fully saturated rings. The number of aliphatic imine (C=N–C) groups is 1. The smallest absolute Gasteiger partial charge is 0.191 e. The lowest BCUT2D eigenvalue weighted by Gasteiger charge is -2.23. The van der Waals surface area contributed by atoms with Gasteiger partial charge in [0.1, 0.15) is 0 Å². The van der Waals surface area contributed by atoms with Gasteiger partial charge in [-0.3, -0.25) is 4.99 Å². The second-order valence-corrected chi connectivity index (χ2v) is 7.93. The number of thioether (sulfide) groups is 1. The summed E-state index contributed by atoms with van der Waals surface area (Å²) in [4.78, 5) is 4.27. The minimum Gasteiger partial charge on any atom is -0.374 e. The van der Waals surface area contributed by atoms with Crippen molar-refractivity contribution in [2.75, 3.05) is 19.8 Å². The molecule has 4 nitrogen and oxygen atoms in total. The van der Waals surface area contributed by atoms with Gasteiger partial charge >= 0.3 is 0 Å². The monoisotopic (exact) mass is 337 g/mol. The van der Waals surface area contributed by atoms with E-state index in [4.69, 9.17) is 4.74 Å². The molecule has 0 saturated heterocycles. The van der Waals surface area contributed by atoms with E-state index in [1.165, 1.54) is 11.1 Å². The standard InChI is InChI=1S/C18H31N3OS/c1-14(2)22-12-16-9-7-15(8-10-16)11-20-17(19-5)21-13-18(3,4)23-6/h7-10,14H,11-13H2,1-6H3,(H2,19,20,21). The first-order valence-electron chi connectivity index (χ1n) is 8.05. The van der Waals surface area contributed by atoms with Gasteiger partial charge in [-0.1, -0.05) is 24.3 Å². The van der Waals surface area contributed by atoms with Crippen molar-refractivity contribution in [2.24, 2.45) is 4.99 Å². The fourth-order valence-electron chi connectivity index (χ4n) is 1.79. The molecule has 0 bridgehead atoms. The Labute approximate surface area is 145 Å². The average Bonchev–Trinajstić information content (AvgIpc) is 2.54. The second-order valence-electron chi connectivity index (χ2n) is 6.42. The van der Waals surface area contributed by atoms with Gasteiger partial charge in [-0.05, 0) is 45.1 Å². The van der Waals surface area contributed by atoms with Crippen LogP contribution < -0.4 is 10.6 Å². The molecule has 0 radical (unpaired) electrons. The van der Waals surface area contributed by atoms with Crippen LogP contribution in [0.3, 0.4) is 0 Å². The Kier molecular flexibility index (Phi) is 8.48. The number of nitrogens with one attached hydrogen (secondary N) is 2. The molecule has 0 unspecified atom stereocenters. The fraction of sp³-hybridized carbons (Fsp3) is 0.611. The van der Waals surface area contributed by atoms with Crippen molar-refractivity contribution < 1.29 is 4.74 Å². The first-order chi connectivity index (χ1) is 10.9. The van der Waals surface area contributed by atoms with Crippen LogP contribution in [0.25, 0.3) is 0 Å². The van der Waals surface area contributed by atoms with Crippen LogP contribution in [0.1, 0.15) is 38.8 Å². The lowest BCUT2D eigenvalue weighted by Crippen LogP contribution is -2.42. The normalized spacial score (nSPS) is 12.6. The molecule has 130 valence electrons. The van der Waals surface area contributed by atoms with Gasteiger partial charge in [0.05, 0.1) is 12.7 Å². The maximum atomic E-state index is 5.61. The molecule has 0 saturated carbocycles. The van der Waals surface area contributed by atoms with Crippen LogP contribution in [-0.2, 0) is 17.9 Å². The molecule has 1 aromatic carbocycles. The predicted octanol–water partition coefficient (Wildman–Crippen LogP) is 3.42. The van der Waals surface area contributed by atoms with Gasteiger partial charge in [-0.15, -0.1) is 0 Å². The molecule has 0 aliphatic heterocycles. The Morgan fingerprint density at radius 2 is 1.78 bits per heavy atom. The van der Waals surface area contributed by atoms with Crippen LogP contribution in [-0.4, -0.2) is 36.7 Å². The van der Waals surface area contributed by atoms with Crippen molar-refractivity contribution in [3.05, 3.63) is 35.4 Å². The molecule has 0 aliphatic carbocycles. The summed E-state index contributed by atoms with van der Waals surface area (Å²) < 4.78 is 5.80. The summed E-state index contributed by atoms with van der Waals surface area (Å²) in [6, 6.07) is 8.50. The van der Waals surface area contributed by atoms with Gasteiger partial charge in [-0.2, -0.15) is 11.8 Å². The molecular weight excluding hydrogens is 306 g/mol. The van der Waals surface area contributed by atoms with Crippen LogP contribution in [0, 0.1) is 0 Å². The van der Waals surface area contributed by atoms with E-state index >= 15 is 0 Å². The number of nitrogens with zero attached hydrogens (tertiary/aromatic N) is 1. The molecule has 0 spiro atoms. The average molecular weight is 338 g/mol. The second kappa shape index (κ2) is 9.83. The molecule has 0 aromatic heterocycles. The summed E-state index contributed by atoms with van der Waals surface area (Å²) in [5.74, 6) is 0.833. The zero-order chi connectivity index (χ0) is 17.3. The number of hydrogen-bond donors (Lipinski definition) is 2. The van der Waals surface area contributed by atoms with Crippen LogP contribution in [0.4, 0.5) is 0 Å². The Balaban J connectivity index is 2.43. The molecule has 0 atom stereocenters. The van der Waals surface area contributed by atoms with E-state index in [-0.39, 0.29) is 10.9 Å². The third kappa shape index (κ3) is 8.28. The van der Waals surface area contributed by atoms with Gasteiger partial charge in [0, 0.05) is 24.9 Å². The molecule has 0 amide bonds. The molecule has 1 aromatic rings. The van der Waals surface area contributed by atoms with Gasteiger partial charge < -0.3 is 15.4 Å². The molecule has 23 heavy (non-hydrogen) atoms. The van der Waals surface area contributed by atoms with Crippen molar-refractivity contribution in [2.45, 2.75) is 51.7 Å². The molecule has 5 heteroatoms. The summed E-state index contributed by atoms with van der Waals surface area (Å²) in [6.07, 6.45) is 2.39. The Hall–Kier alpha value is -1.20. The van der Waals surface area contributed by atoms with Gasteiger partial charge in [0.2, 0.25) is 0 Å². The van der Waals surface area contributed by atoms with E-state index in [9.17, 15) is 0 Å². The van der Waals surface area contributed by atoms with Crippen molar-refractivity contribution in [1.29, 1.82) is 0 Å². The van der Waals surface area contributed by atoms with Crippen LogP contribution in [0.15, 0.2) is 29.3 Å². The van der Waals surface area contributed by atoms with Crippen LogP contribution in [0.5, 0.6) is 0 Å². The number of benzene rings is 1. The first-order valence-corrected chi connectivity index (χ1v) is 9.28. The highest BCUT2D eigenvalue weighted by Crippen LogP contribution is 2.19. The van der Waals surface area contributed by atoms with Gasteiger partial charge in [-0.25, -0.2) is 0 Å². The summed E-state index contributed by atoms with van der Waals surface area (Å²) in [6.45, 7) is 10.8. The Morgan fingerprint density at radius 3 is 2.30 bits per heavy atom. The van der Waals surface area contributed by atoms with Crippen molar-refractivity contribution in [3.63, 3.8) is 0 Å².